The third-order valence-electron chi connectivity index (χ3n) is 2.87. The number of carbonyl (C=O) groups is 1. The molecule has 0 heterocycles. The van der Waals surface area contributed by atoms with Crippen molar-refractivity contribution in [3.8, 4) is 0 Å². The molecule has 0 unspecified atom stereocenters. The van der Waals surface area contributed by atoms with E-state index in [-0.39, 0.29) is 11.7 Å². The first-order chi connectivity index (χ1) is 10.0. The molecule has 0 aliphatic heterocycles. The lowest BCUT2D eigenvalue weighted by Gasteiger charge is -2.16. The Labute approximate surface area is 124 Å². The van der Waals surface area contributed by atoms with Crippen LogP contribution in [-0.2, 0) is 34.0 Å². The molecule has 0 fully saturated rings. The zero-order valence-corrected chi connectivity index (χ0v) is 13.4. The summed E-state index contributed by atoms with van der Waals surface area (Å²) >= 11 is 0. The fourth-order valence-electron chi connectivity index (χ4n) is 1.78. The molecule has 0 aromatic heterocycles. The molecule has 0 aliphatic rings. The van der Waals surface area contributed by atoms with Gasteiger partial charge in [0.2, 0.25) is 0 Å². The Balaban J connectivity index is 3.28. The first-order valence-corrected chi connectivity index (χ1v) is 7.84. The van der Waals surface area contributed by atoms with Crippen molar-refractivity contribution in [1.82, 2.24) is 0 Å². The smallest absolute Gasteiger partial charge is 0.341 e. The average molecular weight is 314 g/mol. The molecule has 0 radical (unpaired) electrons. The molecule has 1 aromatic carbocycles. The fraction of sp³-hybridized carbons (Fsp3) is 0.357. The molecule has 0 N–H and O–H groups in total. The topological polar surface area (TPSA) is 71.1 Å². The van der Waals surface area contributed by atoms with E-state index in [1.54, 1.807) is 24.3 Å². The van der Waals surface area contributed by atoms with Gasteiger partial charge < -0.3 is 18.5 Å². The lowest BCUT2D eigenvalue weighted by Crippen LogP contribution is -2.07. The largest absolute Gasteiger partial charge is 0.503 e. The second-order valence-electron chi connectivity index (χ2n) is 4.05. The summed E-state index contributed by atoms with van der Waals surface area (Å²) < 4.78 is 31.8. The number of esters is 1. The van der Waals surface area contributed by atoms with Gasteiger partial charge in [0.25, 0.3) is 0 Å². The summed E-state index contributed by atoms with van der Waals surface area (Å²) in [4.78, 5) is 11.9. The SMILES string of the molecule is CO/C=C(\C(=O)OC)c1ccccc1CP(=O)(OC)OC. The lowest BCUT2D eigenvalue weighted by molar-refractivity contribution is -0.133. The molecule has 0 spiro atoms. The van der Waals surface area contributed by atoms with E-state index < -0.39 is 13.6 Å². The molecular formula is C14H19O6P. The van der Waals surface area contributed by atoms with Gasteiger partial charge in [-0.2, -0.15) is 0 Å². The summed E-state index contributed by atoms with van der Waals surface area (Å²) in [5.74, 6) is -0.547. The summed E-state index contributed by atoms with van der Waals surface area (Å²) in [7, 11) is 2.10. The number of carbonyl (C=O) groups excluding carboxylic acids is 1. The van der Waals surface area contributed by atoms with E-state index in [9.17, 15) is 9.36 Å². The van der Waals surface area contributed by atoms with Crippen molar-refractivity contribution in [2.75, 3.05) is 28.4 Å². The van der Waals surface area contributed by atoms with Crippen LogP contribution in [0, 0.1) is 0 Å². The Morgan fingerprint density at radius 2 is 1.76 bits per heavy atom. The molecular weight excluding hydrogens is 295 g/mol. The highest BCUT2D eigenvalue weighted by Gasteiger charge is 2.25. The quantitative estimate of drug-likeness (QED) is 0.333. The van der Waals surface area contributed by atoms with Crippen molar-refractivity contribution >= 4 is 19.1 Å². The second-order valence-corrected chi connectivity index (χ2v) is 6.32. The van der Waals surface area contributed by atoms with Crippen LogP contribution in [0.15, 0.2) is 30.5 Å². The third kappa shape index (κ3) is 4.43. The summed E-state index contributed by atoms with van der Waals surface area (Å²) in [6.45, 7) is 0. The van der Waals surface area contributed by atoms with Crippen LogP contribution in [-0.4, -0.2) is 34.4 Å². The molecule has 0 amide bonds. The first-order valence-electron chi connectivity index (χ1n) is 6.11. The minimum Gasteiger partial charge on any atom is -0.503 e. The molecule has 0 saturated heterocycles. The molecule has 0 bridgehead atoms. The van der Waals surface area contributed by atoms with Crippen molar-refractivity contribution < 1.29 is 27.9 Å². The highest BCUT2D eigenvalue weighted by atomic mass is 31.2. The monoisotopic (exact) mass is 314 g/mol. The van der Waals surface area contributed by atoms with Gasteiger partial charge in [-0.15, -0.1) is 0 Å². The van der Waals surface area contributed by atoms with E-state index in [2.05, 4.69) is 0 Å². The van der Waals surface area contributed by atoms with E-state index in [0.29, 0.717) is 11.1 Å². The van der Waals surface area contributed by atoms with Gasteiger partial charge in [-0.3, -0.25) is 4.57 Å². The molecule has 0 atom stereocenters. The van der Waals surface area contributed by atoms with Gasteiger partial charge in [0.1, 0.15) is 5.57 Å². The zero-order valence-electron chi connectivity index (χ0n) is 12.5. The molecule has 1 aromatic rings. The van der Waals surface area contributed by atoms with Crippen molar-refractivity contribution in [2.45, 2.75) is 6.16 Å². The van der Waals surface area contributed by atoms with Crippen LogP contribution in [0.4, 0.5) is 0 Å². The van der Waals surface area contributed by atoms with Crippen LogP contribution >= 0.6 is 7.60 Å². The first kappa shape index (κ1) is 17.4. The van der Waals surface area contributed by atoms with Gasteiger partial charge in [0, 0.05) is 14.2 Å². The van der Waals surface area contributed by atoms with Crippen molar-refractivity contribution in [3.05, 3.63) is 41.7 Å². The minimum absolute atomic E-state index is 0.0359. The maximum absolute atomic E-state index is 12.3. The molecule has 116 valence electrons. The van der Waals surface area contributed by atoms with Crippen LogP contribution in [0.1, 0.15) is 11.1 Å². The highest BCUT2D eigenvalue weighted by Crippen LogP contribution is 2.50. The fourth-order valence-corrected chi connectivity index (χ4v) is 2.88. The molecule has 21 heavy (non-hydrogen) atoms. The average Bonchev–Trinajstić information content (AvgIpc) is 2.52. The number of benzene rings is 1. The van der Waals surface area contributed by atoms with Crippen LogP contribution in [0.5, 0.6) is 0 Å². The minimum atomic E-state index is -3.25. The van der Waals surface area contributed by atoms with Gasteiger partial charge in [-0.1, -0.05) is 24.3 Å². The van der Waals surface area contributed by atoms with Crippen molar-refractivity contribution in [2.24, 2.45) is 0 Å². The van der Waals surface area contributed by atoms with Gasteiger partial charge >= 0.3 is 13.6 Å². The third-order valence-corrected chi connectivity index (χ3v) is 4.71. The number of rotatable bonds is 7. The highest BCUT2D eigenvalue weighted by molar-refractivity contribution is 7.52. The molecule has 7 heteroatoms. The van der Waals surface area contributed by atoms with E-state index in [0.717, 1.165) is 0 Å². The number of methoxy groups -OCH3 is 2. The number of hydrogen-bond donors (Lipinski definition) is 0. The van der Waals surface area contributed by atoms with Gasteiger partial charge in [0.15, 0.2) is 0 Å². The second kappa shape index (κ2) is 7.98. The van der Waals surface area contributed by atoms with E-state index in [1.165, 1.54) is 34.7 Å². The summed E-state index contributed by atoms with van der Waals surface area (Å²) in [6.07, 6.45) is 1.32. The Hall–Kier alpha value is -1.62. The van der Waals surface area contributed by atoms with Gasteiger partial charge in [-0.05, 0) is 11.1 Å². The molecule has 1 rings (SSSR count). The predicted molar refractivity (Wildman–Crippen MR) is 78.8 cm³/mol. The molecule has 0 saturated carbocycles. The molecule has 0 aliphatic carbocycles. The van der Waals surface area contributed by atoms with Crippen molar-refractivity contribution in [3.63, 3.8) is 0 Å². The van der Waals surface area contributed by atoms with E-state index >= 15 is 0 Å². The van der Waals surface area contributed by atoms with E-state index in [4.69, 9.17) is 18.5 Å². The van der Waals surface area contributed by atoms with E-state index in [1.807, 2.05) is 0 Å². The van der Waals surface area contributed by atoms with Gasteiger partial charge in [0.05, 0.1) is 26.6 Å². The lowest BCUT2D eigenvalue weighted by atomic mass is 10.0. The van der Waals surface area contributed by atoms with Crippen molar-refractivity contribution in [1.29, 1.82) is 0 Å². The van der Waals surface area contributed by atoms with Crippen LogP contribution in [0.3, 0.4) is 0 Å². The Morgan fingerprint density at radius 1 is 1.14 bits per heavy atom. The maximum Gasteiger partial charge on any atom is 0.341 e. The van der Waals surface area contributed by atoms with Crippen LogP contribution in [0.2, 0.25) is 0 Å². The normalized spacial score (nSPS) is 12.1. The molecule has 6 nitrogen and oxygen atoms in total. The Bertz CT molecular complexity index is 558. The summed E-state index contributed by atoms with van der Waals surface area (Å²) in [6, 6.07) is 6.99. The maximum atomic E-state index is 12.3. The van der Waals surface area contributed by atoms with Crippen LogP contribution < -0.4 is 0 Å². The van der Waals surface area contributed by atoms with Crippen LogP contribution in [0.25, 0.3) is 5.57 Å². The standard InChI is InChI=1S/C14H19O6P/c1-17-9-13(14(15)18-2)12-8-6-5-7-11(12)10-21(16,19-3)20-4/h5-9H,10H2,1-4H3/b13-9-. The number of ether oxygens (including phenoxy) is 2. The summed E-state index contributed by atoms with van der Waals surface area (Å²) in [5, 5.41) is 0. The van der Waals surface area contributed by atoms with Gasteiger partial charge in [-0.25, -0.2) is 4.79 Å². The summed E-state index contributed by atoms with van der Waals surface area (Å²) in [5.41, 5.74) is 1.42. The Morgan fingerprint density at radius 3 is 2.29 bits per heavy atom. The Kier molecular flexibility index (Phi) is 6.62. The zero-order chi connectivity index (χ0) is 15.9. The number of hydrogen-bond acceptors (Lipinski definition) is 6. The predicted octanol–water partition coefficient (Wildman–Crippen LogP) is 2.83.